The summed E-state index contributed by atoms with van der Waals surface area (Å²) in [5, 5.41) is 4.35. The van der Waals surface area contributed by atoms with Gasteiger partial charge < -0.3 is 20.8 Å². The molecule has 6 nitrogen and oxygen atoms in total. The van der Waals surface area contributed by atoms with Crippen molar-refractivity contribution in [2.75, 3.05) is 13.7 Å². The van der Waals surface area contributed by atoms with E-state index in [2.05, 4.69) is 10.3 Å². The van der Waals surface area contributed by atoms with Crippen LogP contribution in [0.4, 0.5) is 0 Å². The van der Waals surface area contributed by atoms with Crippen molar-refractivity contribution in [3.05, 3.63) is 20.7 Å². The minimum absolute atomic E-state index is 0.124. The lowest BCUT2D eigenvalue weighted by Gasteiger charge is -2.11. The first-order valence-electron chi connectivity index (χ1n) is 4.82. The number of nitrogens with one attached hydrogen (secondary N) is 2. The fourth-order valence-corrected chi connectivity index (χ4v) is 1.72. The Morgan fingerprint density at radius 3 is 3.00 bits per heavy atom. The van der Waals surface area contributed by atoms with Gasteiger partial charge in [-0.1, -0.05) is 11.3 Å². The van der Waals surface area contributed by atoms with Gasteiger partial charge in [0.1, 0.15) is 0 Å². The first kappa shape index (κ1) is 12.9. The zero-order chi connectivity index (χ0) is 12.0. The van der Waals surface area contributed by atoms with Crippen LogP contribution in [-0.2, 0) is 16.1 Å². The van der Waals surface area contributed by atoms with Crippen molar-refractivity contribution >= 4 is 17.2 Å². The molecule has 0 aliphatic heterocycles. The van der Waals surface area contributed by atoms with Gasteiger partial charge in [0.05, 0.1) is 19.1 Å². The molecule has 0 aliphatic carbocycles. The molecule has 90 valence electrons. The monoisotopic (exact) mass is 245 g/mol. The third-order valence-electron chi connectivity index (χ3n) is 2.06. The Morgan fingerprint density at radius 2 is 2.50 bits per heavy atom. The summed E-state index contributed by atoms with van der Waals surface area (Å²) in [6, 6.07) is 0. The lowest BCUT2D eigenvalue weighted by Crippen LogP contribution is -2.32. The number of carbonyl (C=O) groups excluding carboxylic acids is 1. The summed E-state index contributed by atoms with van der Waals surface area (Å²) in [7, 11) is 1.52. The maximum Gasteiger partial charge on any atom is 0.304 e. The van der Waals surface area contributed by atoms with Crippen LogP contribution in [0.15, 0.2) is 10.2 Å². The lowest BCUT2D eigenvalue weighted by atomic mass is 10.2. The summed E-state index contributed by atoms with van der Waals surface area (Å²) in [6.07, 6.45) is -0.0389. The molecule has 0 bridgehead atoms. The first-order valence-corrected chi connectivity index (χ1v) is 5.70. The van der Waals surface area contributed by atoms with Gasteiger partial charge in [-0.25, -0.2) is 0 Å². The predicted molar refractivity (Wildman–Crippen MR) is 61.3 cm³/mol. The number of hydrogen-bond donors (Lipinski definition) is 3. The van der Waals surface area contributed by atoms with Crippen molar-refractivity contribution in [3.63, 3.8) is 0 Å². The van der Waals surface area contributed by atoms with Crippen LogP contribution in [0.1, 0.15) is 12.1 Å². The van der Waals surface area contributed by atoms with Gasteiger partial charge >= 0.3 is 4.87 Å². The van der Waals surface area contributed by atoms with Crippen LogP contribution in [0.3, 0.4) is 0 Å². The van der Waals surface area contributed by atoms with Crippen molar-refractivity contribution in [1.82, 2.24) is 10.3 Å². The van der Waals surface area contributed by atoms with Gasteiger partial charge in [0, 0.05) is 24.7 Å². The zero-order valence-corrected chi connectivity index (χ0v) is 9.80. The quantitative estimate of drug-likeness (QED) is 0.624. The molecule has 7 heteroatoms. The van der Waals surface area contributed by atoms with E-state index in [0.717, 1.165) is 11.3 Å². The fraction of sp³-hybridized carbons (Fsp3) is 0.556. The van der Waals surface area contributed by atoms with Gasteiger partial charge in [0.2, 0.25) is 5.91 Å². The molecule has 0 aromatic carbocycles. The van der Waals surface area contributed by atoms with E-state index in [4.69, 9.17) is 10.5 Å². The molecule has 1 atom stereocenters. The van der Waals surface area contributed by atoms with Gasteiger partial charge in [-0.05, 0) is 0 Å². The summed E-state index contributed by atoms with van der Waals surface area (Å²) in [5.74, 6) is -0.149. The van der Waals surface area contributed by atoms with E-state index < -0.39 is 0 Å². The second-order valence-electron chi connectivity index (χ2n) is 3.25. The molecular formula is C9H15N3O3S. The Hall–Kier alpha value is -1.18. The number of carbonyl (C=O) groups is 1. The Kier molecular flexibility index (Phi) is 5.17. The van der Waals surface area contributed by atoms with E-state index in [1.807, 2.05) is 0 Å². The number of amides is 1. The molecule has 4 N–H and O–H groups in total. The maximum absolute atomic E-state index is 11.4. The average molecular weight is 245 g/mol. The fourth-order valence-electron chi connectivity index (χ4n) is 1.14. The molecule has 1 aromatic rings. The van der Waals surface area contributed by atoms with E-state index in [9.17, 15) is 9.59 Å². The number of methoxy groups -OCH3 is 1. The summed E-state index contributed by atoms with van der Waals surface area (Å²) < 4.78 is 4.98. The minimum atomic E-state index is -0.262. The molecule has 1 rings (SSSR count). The van der Waals surface area contributed by atoms with Crippen LogP contribution >= 0.6 is 11.3 Å². The SMILES string of the molecule is COC(CN)CC(=O)NCc1csc(=O)[nH]1. The van der Waals surface area contributed by atoms with E-state index in [1.54, 1.807) is 5.38 Å². The highest BCUT2D eigenvalue weighted by molar-refractivity contribution is 7.07. The first-order chi connectivity index (χ1) is 7.65. The van der Waals surface area contributed by atoms with Crippen molar-refractivity contribution < 1.29 is 9.53 Å². The Balaban J connectivity index is 2.32. The third kappa shape index (κ3) is 4.13. The van der Waals surface area contributed by atoms with Gasteiger partial charge in [0.15, 0.2) is 0 Å². The number of nitrogens with two attached hydrogens (primary N) is 1. The number of aromatic nitrogens is 1. The summed E-state index contributed by atoms with van der Waals surface area (Å²) >= 11 is 1.07. The molecular weight excluding hydrogens is 230 g/mol. The number of thiazole rings is 1. The van der Waals surface area contributed by atoms with Gasteiger partial charge in [-0.2, -0.15) is 0 Å². The number of H-pyrrole nitrogens is 1. The average Bonchev–Trinajstić information content (AvgIpc) is 2.69. The van der Waals surface area contributed by atoms with Crippen LogP contribution in [0.5, 0.6) is 0 Å². The van der Waals surface area contributed by atoms with Gasteiger partial charge in [-0.15, -0.1) is 0 Å². The van der Waals surface area contributed by atoms with Crippen LogP contribution in [0.2, 0.25) is 0 Å². The standard InChI is InChI=1S/C9H15N3O3S/c1-15-7(3-10)2-8(13)11-4-6-5-16-9(14)12-6/h5,7H,2-4,10H2,1H3,(H,11,13)(H,12,14). The van der Waals surface area contributed by atoms with Crippen molar-refractivity contribution in [2.24, 2.45) is 5.73 Å². The van der Waals surface area contributed by atoms with E-state index in [1.165, 1.54) is 7.11 Å². The highest BCUT2D eigenvalue weighted by Gasteiger charge is 2.11. The molecule has 16 heavy (non-hydrogen) atoms. The second kappa shape index (κ2) is 6.41. The smallest absolute Gasteiger partial charge is 0.304 e. The van der Waals surface area contributed by atoms with E-state index in [-0.39, 0.29) is 23.3 Å². The van der Waals surface area contributed by atoms with Crippen LogP contribution in [0, 0.1) is 0 Å². The number of aromatic amines is 1. The number of rotatable bonds is 6. The molecule has 0 spiro atoms. The molecule has 1 unspecified atom stereocenters. The van der Waals surface area contributed by atoms with Gasteiger partial charge in [-0.3, -0.25) is 9.59 Å². The third-order valence-corrected chi connectivity index (χ3v) is 2.77. The largest absolute Gasteiger partial charge is 0.380 e. The molecule has 0 radical (unpaired) electrons. The van der Waals surface area contributed by atoms with Crippen molar-refractivity contribution in [2.45, 2.75) is 19.1 Å². The lowest BCUT2D eigenvalue weighted by molar-refractivity contribution is -0.123. The predicted octanol–water partition coefficient (Wildman–Crippen LogP) is -0.584. The van der Waals surface area contributed by atoms with Crippen LogP contribution < -0.4 is 15.9 Å². The Morgan fingerprint density at radius 1 is 1.75 bits per heavy atom. The zero-order valence-electron chi connectivity index (χ0n) is 8.99. The van der Waals surface area contributed by atoms with Crippen LogP contribution in [-0.4, -0.2) is 30.6 Å². The molecule has 0 aliphatic rings. The highest BCUT2D eigenvalue weighted by atomic mass is 32.1. The van der Waals surface area contributed by atoms with Crippen molar-refractivity contribution in [3.8, 4) is 0 Å². The highest BCUT2D eigenvalue weighted by Crippen LogP contribution is 1.97. The molecule has 1 heterocycles. The van der Waals surface area contributed by atoms with E-state index in [0.29, 0.717) is 18.8 Å². The summed E-state index contributed by atoms with van der Waals surface area (Å²) in [4.78, 5) is 24.7. The summed E-state index contributed by atoms with van der Waals surface area (Å²) in [5.41, 5.74) is 6.09. The maximum atomic E-state index is 11.4. The van der Waals surface area contributed by atoms with Crippen molar-refractivity contribution in [1.29, 1.82) is 0 Å². The topological polar surface area (TPSA) is 97.2 Å². The van der Waals surface area contributed by atoms with E-state index >= 15 is 0 Å². The van der Waals surface area contributed by atoms with Crippen LogP contribution in [0.25, 0.3) is 0 Å². The minimum Gasteiger partial charge on any atom is -0.380 e. The molecule has 0 saturated heterocycles. The normalized spacial score (nSPS) is 12.4. The molecule has 1 amide bonds. The Labute approximate surface area is 96.8 Å². The number of ether oxygens (including phenoxy) is 1. The second-order valence-corrected chi connectivity index (χ2v) is 4.09. The Bertz CT molecular complexity index is 383. The molecule has 1 aromatic heterocycles. The van der Waals surface area contributed by atoms with Gasteiger partial charge in [0.25, 0.3) is 0 Å². The molecule has 0 fully saturated rings. The summed E-state index contributed by atoms with van der Waals surface area (Å²) in [6.45, 7) is 0.623. The number of hydrogen-bond acceptors (Lipinski definition) is 5. The molecule has 0 saturated carbocycles.